The second kappa shape index (κ2) is 10.9. The van der Waals surface area contributed by atoms with Gasteiger partial charge in [-0.1, -0.05) is 25.1 Å². The molecule has 2 unspecified atom stereocenters. The fraction of sp³-hybridized carbons (Fsp3) is 0.520. The molecule has 1 aliphatic heterocycles. The van der Waals surface area contributed by atoms with Crippen LogP contribution in [-0.2, 0) is 11.2 Å². The molecule has 7 heteroatoms. The fourth-order valence-electron chi connectivity index (χ4n) is 3.98. The van der Waals surface area contributed by atoms with E-state index in [1.54, 1.807) is 16.2 Å². The molecule has 3 rings (SSSR count). The summed E-state index contributed by atoms with van der Waals surface area (Å²) in [4.78, 5) is 31.1. The van der Waals surface area contributed by atoms with Crippen molar-refractivity contribution >= 4 is 23.3 Å². The van der Waals surface area contributed by atoms with Crippen molar-refractivity contribution in [2.45, 2.75) is 65.6 Å². The lowest BCUT2D eigenvalue weighted by Crippen LogP contribution is -2.53. The lowest BCUT2D eigenvalue weighted by Gasteiger charge is -2.38. The first-order valence-electron chi connectivity index (χ1n) is 11.4. The molecule has 3 amide bonds. The number of carbonyl (C=O) groups is 2. The summed E-state index contributed by atoms with van der Waals surface area (Å²) < 4.78 is 6.17. The van der Waals surface area contributed by atoms with Gasteiger partial charge < -0.3 is 19.9 Å². The molecule has 1 aromatic carbocycles. The van der Waals surface area contributed by atoms with Gasteiger partial charge in [-0.05, 0) is 69.2 Å². The van der Waals surface area contributed by atoms with Gasteiger partial charge in [0.05, 0.1) is 6.04 Å². The van der Waals surface area contributed by atoms with Gasteiger partial charge in [0.1, 0.15) is 18.9 Å². The SMILES string of the molecule is CCC(C)N(CC(=O)N1CCc2sccc2C1COc1ccccc1C)C(=O)NC(C)C. The Morgan fingerprint density at radius 1 is 1.25 bits per heavy atom. The topological polar surface area (TPSA) is 61.9 Å². The molecule has 0 radical (unpaired) electrons. The smallest absolute Gasteiger partial charge is 0.318 e. The summed E-state index contributed by atoms with van der Waals surface area (Å²) in [5.74, 6) is 0.791. The van der Waals surface area contributed by atoms with Crippen molar-refractivity contribution in [2.75, 3.05) is 19.7 Å². The average molecular weight is 458 g/mol. The number of para-hydroxylation sites is 1. The molecule has 1 aromatic heterocycles. The van der Waals surface area contributed by atoms with Crippen LogP contribution in [0.2, 0.25) is 0 Å². The van der Waals surface area contributed by atoms with E-state index >= 15 is 0 Å². The van der Waals surface area contributed by atoms with Crippen LogP contribution in [0, 0.1) is 6.92 Å². The van der Waals surface area contributed by atoms with Gasteiger partial charge in [-0.3, -0.25) is 4.79 Å². The molecule has 32 heavy (non-hydrogen) atoms. The molecule has 1 N–H and O–H groups in total. The maximum absolute atomic E-state index is 13.5. The molecule has 2 aromatic rings. The minimum Gasteiger partial charge on any atom is -0.491 e. The number of ether oxygens (including phenoxy) is 1. The van der Waals surface area contributed by atoms with Gasteiger partial charge in [0.25, 0.3) is 0 Å². The standard InChI is InChI=1S/C25H35N3O3S/c1-6-19(5)28(25(30)26-17(2)3)15-24(29)27-13-11-23-20(12-14-32-23)21(27)16-31-22-10-8-7-9-18(22)4/h7-10,12,14,17,19,21H,6,11,13,15-16H2,1-5H3,(H,26,30). The number of hydrogen-bond acceptors (Lipinski definition) is 4. The maximum atomic E-state index is 13.5. The second-order valence-electron chi connectivity index (χ2n) is 8.72. The van der Waals surface area contributed by atoms with E-state index in [1.165, 1.54) is 4.88 Å². The van der Waals surface area contributed by atoms with Crippen molar-refractivity contribution in [2.24, 2.45) is 0 Å². The first-order chi connectivity index (χ1) is 15.3. The Kier molecular flexibility index (Phi) is 8.18. The summed E-state index contributed by atoms with van der Waals surface area (Å²) in [6, 6.07) is 9.66. The molecule has 0 aliphatic carbocycles. The third-order valence-corrected chi connectivity index (χ3v) is 7.00. The lowest BCUT2D eigenvalue weighted by molar-refractivity contribution is -0.136. The average Bonchev–Trinajstić information content (AvgIpc) is 3.24. The van der Waals surface area contributed by atoms with E-state index < -0.39 is 0 Å². The summed E-state index contributed by atoms with van der Waals surface area (Å²) in [7, 11) is 0. The van der Waals surface area contributed by atoms with E-state index in [9.17, 15) is 9.59 Å². The summed E-state index contributed by atoms with van der Waals surface area (Å²) in [5.41, 5.74) is 2.23. The lowest BCUT2D eigenvalue weighted by atomic mass is 10.00. The zero-order chi connectivity index (χ0) is 23.3. The Labute approximate surface area is 195 Å². The summed E-state index contributed by atoms with van der Waals surface area (Å²) in [6.07, 6.45) is 1.62. The molecule has 1 aliphatic rings. The van der Waals surface area contributed by atoms with Crippen LogP contribution < -0.4 is 10.1 Å². The summed E-state index contributed by atoms with van der Waals surface area (Å²) in [6.45, 7) is 11.0. The quantitative estimate of drug-likeness (QED) is 0.621. The van der Waals surface area contributed by atoms with Crippen LogP contribution in [0.5, 0.6) is 5.75 Å². The number of fused-ring (bicyclic) bond motifs is 1. The third-order valence-electron chi connectivity index (χ3n) is 6.01. The van der Waals surface area contributed by atoms with Gasteiger partial charge in [0, 0.05) is 23.5 Å². The van der Waals surface area contributed by atoms with Crippen LogP contribution in [0.3, 0.4) is 0 Å². The molecule has 0 spiro atoms. The van der Waals surface area contributed by atoms with Crippen molar-refractivity contribution in [1.29, 1.82) is 0 Å². The molecule has 0 bridgehead atoms. The zero-order valence-electron chi connectivity index (χ0n) is 19.8. The third kappa shape index (κ3) is 5.63. The largest absolute Gasteiger partial charge is 0.491 e. The predicted octanol–water partition coefficient (Wildman–Crippen LogP) is 4.78. The van der Waals surface area contributed by atoms with Crippen LogP contribution in [0.25, 0.3) is 0 Å². The van der Waals surface area contributed by atoms with E-state index in [1.807, 2.05) is 63.8 Å². The number of rotatable bonds is 8. The Balaban J connectivity index is 1.79. The fourth-order valence-corrected chi connectivity index (χ4v) is 4.90. The highest BCUT2D eigenvalue weighted by atomic mass is 32.1. The highest BCUT2D eigenvalue weighted by Gasteiger charge is 2.34. The molecule has 2 heterocycles. The molecule has 0 fully saturated rings. The van der Waals surface area contributed by atoms with Gasteiger partial charge in [-0.15, -0.1) is 11.3 Å². The molecule has 0 saturated heterocycles. The number of benzene rings is 1. The van der Waals surface area contributed by atoms with Crippen LogP contribution in [0.4, 0.5) is 4.79 Å². The molecular weight excluding hydrogens is 422 g/mol. The number of amides is 3. The van der Waals surface area contributed by atoms with Crippen molar-refractivity contribution in [3.63, 3.8) is 0 Å². The Bertz CT molecular complexity index is 927. The number of carbonyl (C=O) groups excluding carboxylic acids is 2. The maximum Gasteiger partial charge on any atom is 0.318 e. The molecule has 0 saturated carbocycles. The van der Waals surface area contributed by atoms with Crippen LogP contribution in [0.15, 0.2) is 35.7 Å². The van der Waals surface area contributed by atoms with Gasteiger partial charge in [0.15, 0.2) is 0 Å². The van der Waals surface area contributed by atoms with Crippen molar-refractivity contribution < 1.29 is 14.3 Å². The number of aryl methyl sites for hydroxylation is 1. The van der Waals surface area contributed by atoms with Crippen LogP contribution in [-0.4, -0.2) is 53.5 Å². The van der Waals surface area contributed by atoms with E-state index in [4.69, 9.17) is 4.74 Å². The van der Waals surface area contributed by atoms with E-state index in [2.05, 4.69) is 16.8 Å². The van der Waals surface area contributed by atoms with E-state index in [0.29, 0.717) is 13.2 Å². The molecule has 2 atom stereocenters. The van der Waals surface area contributed by atoms with Crippen molar-refractivity contribution in [3.05, 3.63) is 51.7 Å². The Morgan fingerprint density at radius 3 is 2.69 bits per heavy atom. The number of nitrogens with zero attached hydrogens (tertiary/aromatic N) is 2. The minimum absolute atomic E-state index is 0.0165. The first kappa shape index (κ1) is 24.1. The van der Waals surface area contributed by atoms with Crippen molar-refractivity contribution in [3.8, 4) is 5.75 Å². The number of nitrogens with one attached hydrogen (secondary N) is 1. The second-order valence-corrected chi connectivity index (χ2v) is 9.72. The monoisotopic (exact) mass is 457 g/mol. The molecule has 6 nitrogen and oxygen atoms in total. The van der Waals surface area contributed by atoms with E-state index in [-0.39, 0.29) is 36.6 Å². The number of thiophene rings is 1. The predicted molar refractivity (Wildman–Crippen MR) is 129 cm³/mol. The Hall–Kier alpha value is -2.54. The zero-order valence-corrected chi connectivity index (χ0v) is 20.6. The Morgan fingerprint density at radius 2 is 2.00 bits per heavy atom. The van der Waals surface area contributed by atoms with E-state index in [0.717, 1.165) is 29.7 Å². The molecular formula is C25H35N3O3S. The highest BCUT2D eigenvalue weighted by molar-refractivity contribution is 7.10. The van der Waals surface area contributed by atoms with Gasteiger partial charge in [-0.2, -0.15) is 0 Å². The minimum atomic E-state index is -0.191. The van der Waals surface area contributed by atoms with Crippen molar-refractivity contribution in [1.82, 2.24) is 15.1 Å². The summed E-state index contributed by atoms with van der Waals surface area (Å²) >= 11 is 1.73. The van der Waals surface area contributed by atoms with Crippen LogP contribution in [0.1, 0.15) is 56.2 Å². The number of urea groups is 1. The summed E-state index contributed by atoms with van der Waals surface area (Å²) in [5, 5.41) is 5.02. The van der Waals surface area contributed by atoms with Gasteiger partial charge in [-0.25, -0.2) is 4.79 Å². The van der Waals surface area contributed by atoms with Gasteiger partial charge in [0.2, 0.25) is 5.91 Å². The first-order valence-corrected chi connectivity index (χ1v) is 12.3. The molecule has 174 valence electrons. The van der Waals surface area contributed by atoms with Gasteiger partial charge >= 0.3 is 6.03 Å². The normalized spacial score (nSPS) is 16.4. The number of hydrogen-bond donors (Lipinski definition) is 1. The van der Waals surface area contributed by atoms with Crippen LogP contribution >= 0.6 is 11.3 Å². The highest BCUT2D eigenvalue weighted by Crippen LogP contribution is 2.34.